The Morgan fingerprint density at radius 1 is 1.29 bits per heavy atom. The zero-order valence-corrected chi connectivity index (χ0v) is 9.21. The molecule has 3 rings (SSSR count). The number of nitrogens with zero attached hydrogens (tertiary/aromatic N) is 1. The van der Waals surface area contributed by atoms with Crippen LogP contribution in [0.25, 0.3) is 0 Å². The molecule has 2 aliphatic rings. The Labute approximate surface area is 97.6 Å². The highest BCUT2D eigenvalue weighted by molar-refractivity contribution is 6.21. The number of rotatable bonds is 2. The molecule has 2 unspecified atom stereocenters. The number of fused-ring (bicyclic) bond motifs is 1. The molecular formula is C12H11NO4. The lowest BCUT2D eigenvalue weighted by atomic mass is 10.1. The first kappa shape index (κ1) is 10.4. The van der Waals surface area contributed by atoms with Crippen LogP contribution in [0, 0.1) is 6.92 Å². The third-order valence-corrected chi connectivity index (χ3v) is 3.06. The van der Waals surface area contributed by atoms with E-state index in [1.54, 1.807) is 18.2 Å². The second-order valence-electron chi connectivity index (χ2n) is 4.28. The summed E-state index contributed by atoms with van der Waals surface area (Å²) in [5.74, 6) is -0.680. The fourth-order valence-electron chi connectivity index (χ4n) is 2.10. The van der Waals surface area contributed by atoms with Crippen LogP contribution in [-0.2, 0) is 4.74 Å². The molecule has 0 bridgehead atoms. The van der Waals surface area contributed by atoms with Crippen molar-refractivity contribution < 1.29 is 19.4 Å². The molecule has 2 aliphatic heterocycles. The minimum absolute atomic E-state index is 0.183. The number of aliphatic hydroxyl groups is 1. The van der Waals surface area contributed by atoms with Crippen molar-refractivity contribution in [3.05, 3.63) is 34.9 Å². The second-order valence-corrected chi connectivity index (χ2v) is 4.28. The molecule has 2 amide bonds. The summed E-state index contributed by atoms with van der Waals surface area (Å²) in [6.45, 7) is 1.68. The summed E-state index contributed by atoms with van der Waals surface area (Å²) in [6, 6.07) is 5.15. The van der Waals surface area contributed by atoms with E-state index in [4.69, 9.17) is 9.84 Å². The van der Waals surface area contributed by atoms with Crippen molar-refractivity contribution in [2.45, 2.75) is 19.3 Å². The van der Waals surface area contributed by atoms with E-state index < -0.39 is 12.3 Å². The third kappa shape index (κ3) is 1.40. The highest BCUT2D eigenvalue weighted by atomic mass is 16.6. The van der Waals surface area contributed by atoms with Gasteiger partial charge < -0.3 is 9.84 Å². The summed E-state index contributed by atoms with van der Waals surface area (Å²) in [7, 11) is 0. The lowest BCUT2D eigenvalue weighted by molar-refractivity contribution is 0.0579. The molecular weight excluding hydrogens is 222 g/mol. The lowest BCUT2D eigenvalue weighted by Crippen LogP contribution is -2.34. The van der Waals surface area contributed by atoms with Crippen LogP contribution >= 0.6 is 0 Å². The van der Waals surface area contributed by atoms with Gasteiger partial charge in [-0.15, -0.1) is 0 Å². The molecule has 5 nitrogen and oxygen atoms in total. The van der Waals surface area contributed by atoms with E-state index in [2.05, 4.69) is 0 Å². The number of amides is 2. The van der Waals surface area contributed by atoms with Gasteiger partial charge in [0.2, 0.25) is 0 Å². The van der Waals surface area contributed by atoms with Crippen LogP contribution in [0.2, 0.25) is 0 Å². The first-order valence-electron chi connectivity index (χ1n) is 5.38. The Morgan fingerprint density at radius 2 is 2.00 bits per heavy atom. The van der Waals surface area contributed by atoms with Crippen molar-refractivity contribution in [3.8, 4) is 0 Å². The van der Waals surface area contributed by atoms with Crippen LogP contribution in [0.5, 0.6) is 0 Å². The first-order valence-corrected chi connectivity index (χ1v) is 5.38. The maximum Gasteiger partial charge on any atom is 0.263 e. The van der Waals surface area contributed by atoms with E-state index in [1.165, 1.54) is 0 Å². The molecule has 1 N–H and O–H groups in total. The quantitative estimate of drug-likeness (QED) is 0.589. The first-order chi connectivity index (χ1) is 8.13. The van der Waals surface area contributed by atoms with Gasteiger partial charge in [0.25, 0.3) is 11.8 Å². The molecule has 88 valence electrons. The van der Waals surface area contributed by atoms with Crippen molar-refractivity contribution in [2.75, 3.05) is 6.61 Å². The number of hydrogen-bond acceptors (Lipinski definition) is 4. The predicted molar refractivity (Wildman–Crippen MR) is 57.4 cm³/mol. The smallest absolute Gasteiger partial charge is 0.263 e. The Hall–Kier alpha value is -1.72. The molecule has 1 aromatic carbocycles. The largest absolute Gasteiger partial charge is 0.393 e. The molecule has 5 heteroatoms. The highest BCUT2D eigenvalue weighted by Crippen LogP contribution is 2.33. The van der Waals surface area contributed by atoms with E-state index in [0.29, 0.717) is 11.1 Å². The molecule has 17 heavy (non-hydrogen) atoms. The van der Waals surface area contributed by atoms with Gasteiger partial charge >= 0.3 is 0 Å². The van der Waals surface area contributed by atoms with E-state index in [-0.39, 0.29) is 18.4 Å². The van der Waals surface area contributed by atoms with Crippen LogP contribution in [0.15, 0.2) is 18.2 Å². The summed E-state index contributed by atoms with van der Waals surface area (Å²) in [5, 5.41) is 8.90. The molecule has 1 fully saturated rings. The minimum atomic E-state index is -0.604. The number of aliphatic hydroxyl groups excluding tert-OH is 1. The van der Waals surface area contributed by atoms with E-state index >= 15 is 0 Å². The van der Waals surface area contributed by atoms with Crippen molar-refractivity contribution in [2.24, 2.45) is 0 Å². The SMILES string of the molecule is Cc1ccc2c(c1)C(=O)N(C1OC1CO)C2=O. The summed E-state index contributed by atoms with van der Waals surface area (Å²) in [5.41, 5.74) is 1.76. The minimum Gasteiger partial charge on any atom is -0.393 e. The molecule has 1 aromatic rings. The monoisotopic (exact) mass is 233 g/mol. The zero-order chi connectivity index (χ0) is 12.2. The van der Waals surface area contributed by atoms with Gasteiger partial charge in [-0.1, -0.05) is 11.6 Å². The van der Waals surface area contributed by atoms with Crippen LogP contribution in [-0.4, -0.2) is 40.8 Å². The molecule has 0 saturated carbocycles. The maximum absolute atomic E-state index is 12.0. The normalized spacial score (nSPS) is 26.4. The molecule has 0 aromatic heterocycles. The van der Waals surface area contributed by atoms with Gasteiger partial charge in [0.1, 0.15) is 6.10 Å². The summed E-state index contributed by atoms with van der Waals surface area (Å²) in [4.78, 5) is 25.1. The topological polar surface area (TPSA) is 70.1 Å². The molecule has 0 aliphatic carbocycles. The number of carbonyl (C=O) groups excluding carboxylic acids is 2. The number of imide groups is 1. The standard InChI is InChI=1S/C12H11NO4/c1-6-2-3-7-8(4-6)11(16)13(10(7)15)12-9(5-14)17-12/h2-4,9,12,14H,5H2,1H3. The lowest BCUT2D eigenvalue weighted by Gasteiger charge is -2.09. The average molecular weight is 233 g/mol. The van der Waals surface area contributed by atoms with Crippen LogP contribution in [0.1, 0.15) is 26.3 Å². The van der Waals surface area contributed by atoms with Crippen molar-refractivity contribution >= 4 is 11.8 Å². The number of aryl methyl sites for hydroxylation is 1. The maximum atomic E-state index is 12.0. The fraction of sp³-hybridized carbons (Fsp3) is 0.333. The molecule has 0 radical (unpaired) electrons. The number of carbonyl (C=O) groups is 2. The van der Waals surface area contributed by atoms with Gasteiger partial charge in [-0.2, -0.15) is 0 Å². The van der Waals surface area contributed by atoms with Crippen LogP contribution in [0.3, 0.4) is 0 Å². The Bertz CT molecular complexity index is 525. The van der Waals surface area contributed by atoms with E-state index in [0.717, 1.165) is 10.5 Å². The van der Waals surface area contributed by atoms with Gasteiger partial charge in [0, 0.05) is 0 Å². The molecule has 1 saturated heterocycles. The second kappa shape index (κ2) is 3.38. The van der Waals surface area contributed by atoms with Gasteiger partial charge in [0.05, 0.1) is 17.7 Å². The Kier molecular flexibility index (Phi) is 2.08. The molecule has 2 atom stereocenters. The van der Waals surface area contributed by atoms with Crippen LogP contribution in [0.4, 0.5) is 0 Å². The summed E-state index contributed by atoms with van der Waals surface area (Å²) < 4.78 is 5.09. The summed E-state index contributed by atoms with van der Waals surface area (Å²) in [6.07, 6.45) is -1.04. The molecule has 0 spiro atoms. The molecule has 2 heterocycles. The predicted octanol–water partition coefficient (Wildman–Crippen LogP) is 0.308. The van der Waals surface area contributed by atoms with Gasteiger partial charge in [-0.25, -0.2) is 4.90 Å². The highest BCUT2D eigenvalue weighted by Gasteiger charge is 2.52. The fourth-order valence-corrected chi connectivity index (χ4v) is 2.10. The number of benzene rings is 1. The van der Waals surface area contributed by atoms with Gasteiger partial charge in [-0.05, 0) is 19.1 Å². The van der Waals surface area contributed by atoms with Crippen molar-refractivity contribution in [3.63, 3.8) is 0 Å². The van der Waals surface area contributed by atoms with Gasteiger partial charge in [0.15, 0.2) is 6.23 Å². The zero-order valence-electron chi connectivity index (χ0n) is 9.21. The number of ether oxygens (including phenoxy) is 1. The Morgan fingerprint density at radius 3 is 2.65 bits per heavy atom. The third-order valence-electron chi connectivity index (χ3n) is 3.06. The van der Waals surface area contributed by atoms with E-state index in [9.17, 15) is 9.59 Å². The van der Waals surface area contributed by atoms with Crippen molar-refractivity contribution in [1.29, 1.82) is 0 Å². The van der Waals surface area contributed by atoms with Crippen LogP contribution < -0.4 is 0 Å². The van der Waals surface area contributed by atoms with Crippen molar-refractivity contribution in [1.82, 2.24) is 4.90 Å². The summed E-state index contributed by atoms with van der Waals surface area (Å²) >= 11 is 0. The van der Waals surface area contributed by atoms with Gasteiger partial charge in [-0.3, -0.25) is 9.59 Å². The Balaban J connectivity index is 1.98. The average Bonchev–Trinajstić information content (AvgIpc) is 3.03. The number of hydrogen-bond donors (Lipinski definition) is 1. The number of epoxide rings is 1. The van der Waals surface area contributed by atoms with E-state index in [1.807, 2.05) is 6.92 Å².